The van der Waals surface area contributed by atoms with Gasteiger partial charge in [0.2, 0.25) is 0 Å². The topological polar surface area (TPSA) is 66.7 Å². The Morgan fingerprint density at radius 3 is 2.62 bits per heavy atom. The van der Waals surface area contributed by atoms with Gasteiger partial charge in [-0.25, -0.2) is 4.98 Å². The van der Waals surface area contributed by atoms with Crippen molar-refractivity contribution in [1.29, 1.82) is 0 Å². The van der Waals surface area contributed by atoms with Crippen LogP contribution in [0.3, 0.4) is 0 Å². The largest absolute Gasteiger partial charge is 0.497 e. The number of ether oxygens (including phenoxy) is 1. The van der Waals surface area contributed by atoms with Crippen LogP contribution in [0.5, 0.6) is 5.75 Å². The van der Waals surface area contributed by atoms with Crippen LogP contribution in [0.15, 0.2) is 72.2 Å². The van der Waals surface area contributed by atoms with Crippen molar-refractivity contribution in [3.05, 3.63) is 83.9 Å². The first-order chi connectivity index (χ1) is 16.2. The molecule has 1 atom stereocenters. The van der Waals surface area contributed by atoms with Crippen LogP contribution >= 0.6 is 24.0 Å². The molecule has 1 saturated heterocycles. The number of hydrogen-bond acceptors (Lipinski definition) is 4. The van der Waals surface area contributed by atoms with Crippen molar-refractivity contribution in [2.24, 2.45) is 4.99 Å². The van der Waals surface area contributed by atoms with Crippen molar-refractivity contribution < 1.29 is 4.74 Å². The lowest BCUT2D eigenvalue weighted by Gasteiger charge is -2.29. The highest BCUT2D eigenvalue weighted by Crippen LogP contribution is 2.27. The smallest absolute Gasteiger partial charge is 0.191 e. The van der Waals surface area contributed by atoms with Crippen LogP contribution in [0.1, 0.15) is 35.6 Å². The summed E-state index contributed by atoms with van der Waals surface area (Å²) in [5.74, 6) is 1.71. The molecule has 1 fully saturated rings. The number of halogens is 1. The Morgan fingerprint density at radius 1 is 1.09 bits per heavy atom. The Labute approximate surface area is 219 Å². The highest BCUT2D eigenvalue weighted by Gasteiger charge is 2.24. The van der Waals surface area contributed by atoms with Gasteiger partial charge in [0, 0.05) is 39.1 Å². The number of likely N-dealkylation sites (tertiary alicyclic amines) is 1. The molecule has 34 heavy (non-hydrogen) atoms. The normalized spacial score (nSPS) is 14.9. The molecule has 1 aliphatic heterocycles. The fraction of sp³-hybridized carbons (Fsp3) is 0.385. The molecule has 182 valence electrons. The zero-order valence-corrected chi connectivity index (χ0v) is 22.3. The van der Waals surface area contributed by atoms with E-state index in [9.17, 15) is 0 Å². The number of imidazole rings is 1. The Kier molecular flexibility index (Phi) is 10.2. The summed E-state index contributed by atoms with van der Waals surface area (Å²) in [5, 5.41) is 7.02. The van der Waals surface area contributed by atoms with E-state index in [0.29, 0.717) is 6.54 Å². The van der Waals surface area contributed by atoms with E-state index < -0.39 is 0 Å². The van der Waals surface area contributed by atoms with Gasteiger partial charge in [0.1, 0.15) is 5.75 Å². The molecule has 1 aliphatic rings. The first-order valence-corrected chi connectivity index (χ1v) is 11.6. The maximum Gasteiger partial charge on any atom is 0.191 e. The van der Waals surface area contributed by atoms with Crippen molar-refractivity contribution in [3.63, 3.8) is 0 Å². The van der Waals surface area contributed by atoms with Gasteiger partial charge in [0.25, 0.3) is 0 Å². The van der Waals surface area contributed by atoms with E-state index in [4.69, 9.17) is 4.74 Å². The van der Waals surface area contributed by atoms with Crippen LogP contribution in [0.2, 0.25) is 0 Å². The summed E-state index contributed by atoms with van der Waals surface area (Å²) in [7, 11) is 3.54. The van der Waals surface area contributed by atoms with E-state index in [1.165, 1.54) is 29.5 Å². The molecule has 0 spiro atoms. The van der Waals surface area contributed by atoms with Gasteiger partial charge < -0.3 is 19.9 Å². The summed E-state index contributed by atoms with van der Waals surface area (Å²) in [4.78, 5) is 11.1. The number of guanidine groups is 1. The molecule has 1 aromatic heterocycles. The summed E-state index contributed by atoms with van der Waals surface area (Å²) in [5.41, 5.74) is 3.74. The first-order valence-electron chi connectivity index (χ1n) is 11.6. The SMILES string of the molecule is CN=C(NCc1cccc(Cn2ccnc2)c1)NCC(c1cccc(OC)c1)N1CCCC1.I. The lowest BCUT2D eigenvalue weighted by Crippen LogP contribution is -2.42. The molecule has 2 heterocycles. The molecule has 2 aromatic carbocycles. The second-order valence-electron chi connectivity index (χ2n) is 8.40. The van der Waals surface area contributed by atoms with Gasteiger partial charge in [-0.2, -0.15) is 0 Å². The zero-order chi connectivity index (χ0) is 22.9. The maximum absolute atomic E-state index is 5.46. The number of benzene rings is 2. The third-order valence-corrected chi connectivity index (χ3v) is 6.12. The van der Waals surface area contributed by atoms with E-state index in [2.05, 4.69) is 72.5 Å². The monoisotopic (exact) mass is 574 g/mol. The third kappa shape index (κ3) is 7.20. The van der Waals surface area contributed by atoms with Gasteiger partial charge in [-0.3, -0.25) is 9.89 Å². The Balaban J connectivity index is 0.00000324. The van der Waals surface area contributed by atoms with Crippen LogP contribution < -0.4 is 15.4 Å². The van der Waals surface area contributed by atoms with Crippen molar-refractivity contribution >= 4 is 29.9 Å². The maximum atomic E-state index is 5.46. The lowest BCUT2D eigenvalue weighted by atomic mass is 10.1. The number of nitrogens with one attached hydrogen (secondary N) is 2. The van der Waals surface area contributed by atoms with Crippen LogP contribution in [-0.2, 0) is 13.1 Å². The Morgan fingerprint density at radius 2 is 1.88 bits per heavy atom. The van der Waals surface area contributed by atoms with Crippen molar-refractivity contribution in [2.45, 2.75) is 32.0 Å². The minimum atomic E-state index is 0. The third-order valence-electron chi connectivity index (χ3n) is 6.12. The van der Waals surface area contributed by atoms with Gasteiger partial charge in [-0.1, -0.05) is 36.4 Å². The highest BCUT2D eigenvalue weighted by molar-refractivity contribution is 14.0. The molecule has 0 radical (unpaired) electrons. The molecule has 0 saturated carbocycles. The van der Waals surface area contributed by atoms with Gasteiger partial charge in [0.05, 0.1) is 19.5 Å². The molecule has 2 N–H and O–H groups in total. The number of methoxy groups -OCH3 is 1. The summed E-state index contributed by atoms with van der Waals surface area (Å²) < 4.78 is 7.54. The predicted molar refractivity (Wildman–Crippen MR) is 148 cm³/mol. The van der Waals surface area contributed by atoms with Gasteiger partial charge in [-0.05, 0) is 54.8 Å². The molecular formula is C26H35IN6O. The summed E-state index contributed by atoms with van der Waals surface area (Å²) >= 11 is 0. The molecule has 0 bridgehead atoms. The van der Waals surface area contributed by atoms with Crippen molar-refractivity contribution in [3.8, 4) is 5.75 Å². The number of hydrogen-bond donors (Lipinski definition) is 2. The number of nitrogens with zero attached hydrogens (tertiary/aromatic N) is 4. The Bertz CT molecular complexity index is 1030. The number of rotatable bonds is 9. The van der Waals surface area contributed by atoms with Gasteiger partial charge in [-0.15, -0.1) is 24.0 Å². The predicted octanol–water partition coefficient (Wildman–Crippen LogP) is 4.06. The quantitative estimate of drug-likeness (QED) is 0.229. The minimum absolute atomic E-state index is 0. The van der Waals surface area contributed by atoms with E-state index in [-0.39, 0.29) is 30.0 Å². The van der Waals surface area contributed by atoms with E-state index in [1.54, 1.807) is 7.11 Å². The average molecular weight is 575 g/mol. The van der Waals surface area contributed by atoms with Gasteiger partial charge in [0.15, 0.2) is 5.96 Å². The number of aromatic nitrogens is 2. The summed E-state index contributed by atoms with van der Waals surface area (Å²) in [6.07, 6.45) is 8.14. The summed E-state index contributed by atoms with van der Waals surface area (Å²) in [6.45, 7) is 4.57. The minimum Gasteiger partial charge on any atom is -0.497 e. The average Bonchev–Trinajstić information content (AvgIpc) is 3.56. The van der Waals surface area contributed by atoms with Crippen LogP contribution in [0.4, 0.5) is 0 Å². The lowest BCUT2D eigenvalue weighted by molar-refractivity contribution is 0.245. The Hall–Kier alpha value is -2.59. The van der Waals surface area contributed by atoms with Crippen molar-refractivity contribution in [1.82, 2.24) is 25.1 Å². The molecular weight excluding hydrogens is 539 g/mol. The second-order valence-corrected chi connectivity index (χ2v) is 8.40. The van der Waals surface area contributed by atoms with Gasteiger partial charge >= 0.3 is 0 Å². The fourth-order valence-corrected chi connectivity index (χ4v) is 4.39. The molecule has 8 heteroatoms. The molecule has 7 nitrogen and oxygen atoms in total. The van der Waals surface area contributed by atoms with E-state index >= 15 is 0 Å². The highest BCUT2D eigenvalue weighted by atomic mass is 127. The molecule has 4 rings (SSSR count). The fourth-order valence-electron chi connectivity index (χ4n) is 4.39. The van der Waals surface area contributed by atoms with Crippen LogP contribution in [-0.4, -0.2) is 54.2 Å². The first kappa shape index (κ1) is 26.0. The van der Waals surface area contributed by atoms with Crippen molar-refractivity contribution in [2.75, 3.05) is 33.8 Å². The van der Waals surface area contributed by atoms with E-state index in [1.807, 2.05) is 31.8 Å². The molecule has 1 unspecified atom stereocenters. The number of aliphatic imine (C=N–C) groups is 1. The second kappa shape index (κ2) is 13.3. The molecule has 3 aromatic rings. The molecule has 0 amide bonds. The van der Waals surface area contributed by atoms with Crippen LogP contribution in [0, 0.1) is 0 Å². The molecule has 0 aliphatic carbocycles. The summed E-state index contributed by atoms with van der Waals surface area (Å²) in [6, 6.07) is 17.3. The zero-order valence-electron chi connectivity index (χ0n) is 20.0. The van der Waals surface area contributed by atoms with E-state index in [0.717, 1.165) is 37.9 Å². The van der Waals surface area contributed by atoms with Crippen LogP contribution in [0.25, 0.3) is 0 Å². The standard InChI is InChI=1S/C26H34N6O.HI/c1-27-26(29-17-21-7-5-8-22(15-21)19-31-14-11-28-20-31)30-18-25(32-12-3-4-13-32)23-9-6-10-24(16-23)33-2;/h5-11,14-16,20,25H,3-4,12-13,17-19H2,1-2H3,(H2,27,29,30);1H.